The maximum absolute atomic E-state index is 11.9. The molecule has 1 N–H and O–H groups in total. The summed E-state index contributed by atoms with van der Waals surface area (Å²) in [6, 6.07) is 0.259. The van der Waals surface area contributed by atoms with Crippen molar-refractivity contribution in [3.05, 3.63) is 0 Å². The smallest absolute Gasteiger partial charge is 0.410 e. The molecule has 0 radical (unpaired) electrons. The summed E-state index contributed by atoms with van der Waals surface area (Å²) in [7, 11) is 0. The highest BCUT2D eigenvalue weighted by molar-refractivity contribution is 5.68. The van der Waals surface area contributed by atoms with Crippen LogP contribution in [0, 0.1) is 0 Å². The average molecular weight is 214 g/mol. The molecule has 0 saturated carbocycles. The number of carbonyl (C=O) groups is 1. The monoisotopic (exact) mass is 214 g/mol. The second kappa shape index (κ2) is 4.84. The van der Waals surface area contributed by atoms with Crippen LogP contribution >= 0.6 is 0 Å². The lowest BCUT2D eigenvalue weighted by Gasteiger charge is -2.30. The van der Waals surface area contributed by atoms with Gasteiger partial charge in [-0.05, 0) is 40.7 Å². The minimum Gasteiger partial charge on any atom is -0.444 e. The first-order chi connectivity index (χ1) is 6.90. The van der Waals surface area contributed by atoms with Crippen LogP contribution in [0.1, 0.15) is 34.1 Å². The molecule has 1 aliphatic heterocycles. The molecule has 0 bridgehead atoms. The first-order valence-electron chi connectivity index (χ1n) is 5.60. The molecule has 1 fully saturated rings. The van der Waals surface area contributed by atoms with Crippen LogP contribution in [0.25, 0.3) is 0 Å². The minimum atomic E-state index is -0.406. The molecule has 0 aromatic rings. The summed E-state index contributed by atoms with van der Waals surface area (Å²) in [6.45, 7) is 10.3. The summed E-state index contributed by atoms with van der Waals surface area (Å²) in [5.41, 5.74) is -0.406. The predicted molar refractivity (Wildman–Crippen MR) is 59.9 cm³/mol. The second-order valence-electron chi connectivity index (χ2n) is 5.06. The minimum absolute atomic E-state index is 0.196. The van der Waals surface area contributed by atoms with E-state index in [0.29, 0.717) is 0 Å². The van der Waals surface area contributed by atoms with Crippen molar-refractivity contribution in [2.45, 2.75) is 45.8 Å². The summed E-state index contributed by atoms with van der Waals surface area (Å²) in [6.07, 6.45) is 0.790. The van der Waals surface area contributed by atoms with E-state index in [1.165, 1.54) is 0 Å². The molecule has 1 heterocycles. The van der Waals surface area contributed by atoms with Crippen LogP contribution in [0.2, 0.25) is 0 Å². The van der Waals surface area contributed by atoms with Crippen LogP contribution < -0.4 is 5.32 Å². The zero-order valence-electron chi connectivity index (χ0n) is 10.2. The number of nitrogens with zero attached hydrogens (tertiary/aromatic N) is 1. The van der Waals surface area contributed by atoms with Crippen LogP contribution in [0.4, 0.5) is 4.79 Å². The fourth-order valence-corrected chi connectivity index (χ4v) is 1.60. The van der Waals surface area contributed by atoms with Crippen LogP contribution in [-0.4, -0.2) is 42.3 Å². The Labute approximate surface area is 92.0 Å². The molecule has 1 amide bonds. The van der Waals surface area contributed by atoms with Gasteiger partial charge >= 0.3 is 6.09 Å². The Balaban J connectivity index is 2.56. The first kappa shape index (κ1) is 12.3. The summed E-state index contributed by atoms with van der Waals surface area (Å²) < 4.78 is 5.36. The van der Waals surface area contributed by atoms with Crippen molar-refractivity contribution in [3.63, 3.8) is 0 Å². The third-order valence-corrected chi connectivity index (χ3v) is 2.43. The highest BCUT2D eigenvalue weighted by Crippen LogP contribution is 2.13. The Morgan fingerprint density at radius 1 is 1.40 bits per heavy atom. The number of amides is 1. The molecule has 4 heteroatoms. The summed E-state index contributed by atoms with van der Waals surface area (Å²) >= 11 is 0. The molecule has 15 heavy (non-hydrogen) atoms. The highest BCUT2D eigenvalue weighted by Gasteiger charge is 2.26. The molecule has 1 atom stereocenters. The van der Waals surface area contributed by atoms with E-state index in [-0.39, 0.29) is 12.1 Å². The lowest BCUT2D eigenvalue weighted by Crippen LogP contribution is -2.42. The molecular formula is C11H22N2O2. The van der Waals surface area contributed by atoms with E-state index in [0.717, 1.165) is 26.1 Å². The van der Waals surface area contributed by atoms with Gasteiger partial charge in [-0.3, -0.25) is 0 Å². The van der Waals surface area contributed by atoms with Gasteiger partial charge < -0.3 is 15.0 Å². The molecule has 0 spiro atoms. The molecule has 4 nitrogen and oxygen atoms in total. The standard InChI is InChI=1S/C11H22N2O2/c1-9-5-6-12-7-8-13(9)10(14)15-11(2,3)4/h9,12H,5-8H2,1-4H3. The number of ether oxygens (including phenoxy) is 1. The normalized spacial score (nSPS) is 23.5. The average Bonchev–Trinajstić information content (AvgIpc) is 2.26. The quantitative estimate of drug-likeness (QED) is 0.666. The van der Waals surface area contributed by atoms with Gasteiger partial charge in [-0.1, -0.05) is 0 Å². The van der Waals surface area contributed by atoms with Crippen molar-refractivity contribution < 1.29 is 9.53 Å². The zero-order chi connectivity index (χ0) is 11.5. The third-order valence-electron chi connectivity index (χ3n) is 2.43. The van der Waals surface area contributed by atoms with E-state index in [4.69, 9.17) is 4.74 Å². The lowest BCUT2D eigenvalue weighted by atomic mass is 10.2. The Bertz CT molecular complexity index is 223. The molecule has 1 rings (SSSR count). The Morgan fingerprint density at radius 3 is 2.67 bits per heavy atom. The lowest BCUT2D eigenvalue weighted by molar-refractivity contribution is 0.0190. The van der Waals surface area contributed by atoms with Crippen molar-refractivity contribution in [1.29, 1.82) is 0 Å². The summed E-state index contributed by atoms with van der Waals surface area (Å²) in [5.74, 6) is 0. The number of hydrogen-bond donors (Lipinski definition) is 1. The Morgan fingerprint density at radius 2 is 2.07 bits per heavy atom. The molecule has 0 aromatic heterocycles. The molecule has 88 valence electrons. The fraction of sp³-hybridized carbons (Fsp3) is 0.909. The largest absolute Gasteiger partial charge is 0.444 e. The highest BCUT2D eigenvalue weighted by atomic mass is 16.6. The topological polar surface area (TPSA) is 41.6 Å². The summed E-state index contributed by atoms with van der Waals surface area (Å²) in [5, 5.41) is 3.28. The number of rotatable bonds is 0. The Kier molecular flexibility index (Phi) is 3.97. The van der Waals surface area contributed by atoms with Crippen LogP contribution in [0.15, 0.2) is 0 Å². The number of nitrogens with one attached hydrogen (secondary N) is 1. The van der Waals surface area contributed by atoms with Crippen molar-refractivity contribution in [3.8, 4) is 0 Å². The van der Waals surface area contributed by atoms with E-state index in [1.54, 1.807) is 0 Å². The van der Waals surface area contributed by atoms with E-state index in [9.17, 15) is 4.79 Å². The first-order valence-corrected chi connectivity index (χ1v) is 5.60. The van der Waals surface area contributed by atoms with E-state index < -0.39 is 5.60 Å². The fourth-order valence-electron chi connectivity index (χ4n) is 1.60. The van der Waals surface area contributed by atoms with Gasteiger partial charge in [0.1, 0.15) is 5.60 Å². The second-order valence-corrected chi connectivity index (χ2v) is 5.06. The maximum atomic E-state index is 11.9. The van der Waals surface area contributed by atoms with Crippen molar-refractivity contribution in [2.75, 3.05) is 19.6 Å². The van der Waals surface area contributed by atoms with Crippen LogP contribution in [-0.2, 0) is 4.74 Å². The molecule has 0 aliphatic carbocycles. The zero-order valence-corrected chi connectivity index (χ0v) is 10.2. The van der Waals surface area contributed by atoms with Crippen molar-refractivity contribution in [2.24, 2.45) is 0 Å². The molecule has 1 aliphatic rings. The summed E-state index contributed by atoms with van der Waals surface area (Å²) in [4.78, 5) is 13.7. The van der Waals surface area contributed by atoms with Gasteiger partial charge in [-0.25, -0.2) is 4.79 Å². The number of carbonyl (C=O) groups excluding carboxylic acids is 1. The Hall–Kier alpha value is -0.770. The maximum Gasteiger partial charge on any atom is 0.410 e. The van der Waals surface area contributed by atoms with Crippen LogP contribution in [0.3, 0.4) is 0 Å². The van der Waals surface area contributed by atoms with E-state index in [2.05, 4.69) is 12.2 Å². The van der Waals surface area contributed by atoms with Gasteiger partial charge in [0.05, 0.1) is 0 Å². The van der Waals surface area contributed by atoms with E-state index >= 15 is 0 Å². The van der Waals surface area contributed by atoms with Crippen molar-refractivity contribution >= 4 is 6.09 Å². The van der Waals surface area contributed by atoms with Gasteiger partial charge in [0.2, 0.25) is 0 Å². The molecule has 1 saturated heterocycles. The van der Waals surface area contributed by atoms with Crippen LogP contribution in [0.5, 0.6) is 0 Å². The van der Waals surface area contributed by atoms with Gasteiger partial charge in [-0.15, -0.1) is 0 Å². The van der Waals surface area contributed by atoms with Gasteiger partial charge in [-0.2, -0.15) is 0 Å². The third kappa shape index (κ3) is 4.08. The molecular weight excluding hydrogens is 192 g/mol. The van der Waals surface area contributed by atoms with Gasteiger partial charge in [0, 0.05) is 19.1 Å². The predicted octanol–water partition coefficient (Wildman–Crippen LogP) is 1.61. The number of hydrogen-bond acceptors (Lipinski definition) is 3. The SMILES string of the molecule is CC1CCNCCN1C(=O)OC(C)(C)C. The van der Waals surface area contributed by atoms with E-state index in [1.807, 2.05) is 25.7 Å². The van der Waals surface area contributed by atoms with Gasteiger partial charge in [0.25, 0.3) is 0 Å². The van der Waals surface area contributed by atoms with Gasteiger partial charge in [0.15, 0.2) is 0 Å². The molecule has 0 aromatic carbocycles. The van der Waals surface area contributed by atoms with Crippen molar-refractivity contribution in [1.82, 2.24) is 10.2 Å². The molecule has 1 unspecified atom stereocenters.